The number of hydrogen-bond acceptors (Lipinski definition) is 3. The number of amides is 1. The summed E-state index contributed by atoms with van der Waals surface area (Å²) < 4.78 is 1.93. The summed E-state index contributed by atoms with van der Waals surface area (Å²) in [5, 5.41) is 9.38. The van der Waals surface area contributed by atoms with E-state index >= 15 is 0 Å². The minimum Gasteiger partial charge on any atom is -0.477 e. The molecule has 0 saturated heterocycles. The molecule has 2 heterocycles. The summed E-state index contributed by atoms with van der Waals surface area (Å²) in [6, 6.07) is 11.7. The van der Waals surface area contributed by atoms with Gasteiger partial charge in [0.1, 0.15) is 5.69 Å². The molecule has 28 heavy (non-hydrogen) atoms. The molecule has 2 aromatic rings. The van der Waals surface area contributed by atoms with E-state index in [1.165, 1.54) is 18.4 Å². The average Bonchev–Trinajstić information content (AvgIpc) is 3.35. The van der Waals surface area contributed by atoms with Crippen LogP contribution in [0.4, 0.5) is 0 Å². The Morgan fingerprint density at radius 2 is 1.68 bits per heavy atom. The third-order valence-electron chi connectivity index (χ3n) is 6.35. The van der Waals surface area contributed by atoms with Gasteiger partial charge in [-0.2, -0.15) is 0 Å². The molecule has 148 valence electrons. The number of aromatic carboxylic acids is 1. The van der Waals surface area contributed by atoms with Crippen LogP contribution in [0.3, 0.4) is 0 Å². The summed E-state index contributed by atoms with van der Waals surface area (Å²) in [6.07, 6.45) is 4.58. The van der Waals surface area contributed by atoms with Gasteiger partial charge in [-0.25, -0.2) is 4.79 Å². The first kappa shape index (κ1) is 18.7. The lowest BCUT2D eigenvalue weighted by molar-refractivity contribution is 0.0565. The third-order valence-corrected chi connectivity index (χ3v) is 6.35. The van der Waals surface area contributed by atoms with Crippen LogP contribution < -0.4 is 0 Å². The standard InChI is InChI=1S/C22H27N3O3/c1-23(2)20(26)16-5-7-17(8-6-16)22(11-3-4-12-22)24-13-14-25-18(15-24)9-10-19(25)21(27)28/h5-10H,3-4,11-15H2,1-2H3,(H,27,28). The van der Waals surface area contributed by atoms with E-state index in [2.05, 4.69) is 17.0 Å². The van der Waals surface area contributed by atoms with E-state index in [-0.39, 0.29) is 11.4 Å². The van der Waals surface area contributed by atoms with Crippen molar-refractivity contribution < 1.29 is 14.7 Å². The highest BCUT2D eigenvalue weighted by Gasteiger charge is 2.42. The SMILES string of the molecule is CN(C)C(=O)c1ccc(C2(N3CCn4c(ccc4C(=O)O)C3)CCCC2)cc1. The highest BCUT2D eigenvalue weighted by molar-refractivity contribution is 5.93. The number of carbonyl (C=O) groups excluding carboxylic acids is 1. The Balaban J connectivity index is 1.63. The molecule has 1 aromatic heterocycles. The largest absolute Gasteiger partial charge is 0.477 e. The summed E-state index contributed by atoms with van der Waals surface area (Å²) in [5.74, 6) is -0.847. The first-order chi connectivity index (χ1) is 13.4. The van der Waals surface area contributed by atoms with Gasteiger partial charge >= 0.3 is 5.97 Å². The third kappa shape index (κ3) is 3.02. The van der Waals surface area contributed by atoms with Crippen molar-refractivity contribution in [3.63, 3.8) is 0 Å². The zero-order valence-corrected chi connectivity index (χ0v) is 16.5. The Kier molecular flexibility index (Phi) is 4.75. The van der Waals surface area contributed by atoms with Gasteiger partial charge in [-0.1, -0.05) is 25.0 Å². The van der Waals surface area contributed by atoms with Crippen molar-refractivity contribution in [3.8, 4) is 0 Å². The number of rotatable bonds is 4. The molecule has 1 aliphatic heterocycles. The van der Waals surface area contributed by atoms with E-state index in [0.717, 1.165) is 31.6 Å². The van der Waals surface area contributed by atoms with E-state index in [0.29, 0.717) is 17.8 Å². The molecule has 1 aliphatic carbocycles. The summed E-state index contributed by atoms with van der Waals surface area (Å²) in [7, 11) is 3.53. The minimum absolute atomic E-state index is 0.0176. The van der Waals surface area contributed by atoms with Crippen molar-refractivity contribution in [1.82, 2.24) is 14.4 Å². The lowest BCUT2D eigenvalue weighted by Crippen LogP contribution is -2.48. The molecule has 6 heteroatoms. The molecular formula is C22H27N3O3. The molecule has 1 aromatic carbocycles. The van der Waals surface area contributed by atoms with E-state index < -0.39 is 5.97 Å². The Labute approximate surface area is 165 Å². The monoisotopic (exact) mass is 381 g/mol. The van der Waals surface area contributed by atoms with Crippen molar-refractivity contribution in [2.45, 2.75) is 44.3 Å². The van der Waals surface area contributed by atoms with E-state index in [4.69, 9.17) is 0 Å². The van der Waals surface area contributed by atoms with Crippen molar-refractivity contribution in [2.75, 3.05) is 20.6 Å². The van der Waals surface area contributed by atoms with Gasteiger partial charge in [0.25, 0.3) is 5.91 Å². The van der Waals surface area contributed by atoms with Crippen LogP contribution >= 0.6 is 0 Å². The Morgan fingerprint density at radius 1 is 1.00 bits per heavy atom. The highest BCUT2D eigenvalue weighted by Crippen LogP contribution is 2.45. The quantitative estimate of drug-likeness (QED) is 0.883. The second kappa shape index (κ2) is 7.09. The minimum atomic E-state index is -0.864. The maximum atomic E-state index is 12.2. The number of carboxylic acid groups (broad SMARTS) is 1. The molecule has 0 spiro atoms. The van der Waals surface area contributed by atoms with E-state index in [9.17, 15) is 14.7 Å². The molecule has 1 amide bonds. The summed E-state index contributed by atoms with van der Waals surface area (Å²) in [6.45, 7) is 2.29. The van der Waals surface area contributed by atoms with Crippen LogP contribution in [0.2, 0.25) is 0 Å². The molecule has 4 rings (SSSR count). The van der Waals surface area contributed by atoms with Gasteiger partial charge < -0.3 is 14.6 Å². The first-order valence-electron chi connectivity index (χ1n) is 9.91. The number of carboxylic acids is 1. The number of carbonyl (C=O) groups is 2. The lowest BCUT2D eigenvalue weighted by Gasteiger charge is -2.44. The summed E-state index contributed by atoms with van der Waals surface area (Å²) in [4.78, 5) is 27.8. The number of aromatic nitrogens is 1. The predicted molar refractivity (Wildman–Crippen MR) is 106 cm³/mol. The molecule has 2 aliphatic rings. The van der Waals surface area contributed by atoms with Crippen molar-refractivity contribution >= 4 is 11.9 Å². The maximum Gasteiger partial charge on any atom is 0.352 e. The Bertz CT molecular complexity index is 892. The second-order valence-corrected chi connectivity index (χ2v) is 8.10. The molecule has 0 atom stereocenters. The lowest BCUT2D eigenvalue weighted by atomic mass is 9.85. The van der Waals surface area contributed by atoms with Crippen molar-refractivity contribution in [3.05, 3.63) is 58.9 Å². The zero-order valence-electron chi connectivity index (χ0n) is 16.5. The first-order valence-corrected chi connectivity index (χ1v) is 9.91. The molecule has 1 saturated carbocycles. The van der Waals surface area contributed by atoms with Crippen LogP contribution in [-0.4, -0.2) is 52.0 Å². The molecular weight excluding hydrogens is 354 g/mol. The van der Waals surface area contributed by atoms with Gasteiger partial charge in [-0.05, 0) is 42.7 Å². The van der Waals surface area contributed by atoms with Gasteiger partial charge in [0, 0.05) is 50.5 Å². The topological polar surface area (TPSA) is 65.8 Å². The second-order valence-electron chi connectivity index (χ2n) is 8.10. The van der Waals surface area contributed by atoms with Crippen LogP contribution in [-0.2, 0) is 18.6 Å². The Morgan fingerprint density at radius 3 is 2.29 bits per heavy atom. The highest BCUT2D eigenvalue weighted by atomic mass is 16.4. The van der Waals surface area contributed by atoms with E-state index in [1.54, 1.807) is 25.1 Å². The number of benzene rings is 1. The van der Waals surface area contributed by atoms with Crippen LogP contribution in [0.1, 0.15) is 57.8 Å². The van der Waals surface area contributed by atoms with Gasteiger partial charge in [0.2, 0.25) is 0 Å². The van der Waals surface area contributed by atoms with Gasteiger partial charge in [0.15, 0.2) is 0 Å². The van der Waals surface area contributed by atoms with Crippen LogP contribution in [0, 0.1) is 0 Å². The van der Waals surface area contributed by atoms with E-state index in [1.807, 2.05) is 22.8 Å². The van der Waals surface area contributed by atoms with Crippen LogP contribution in [0.25, 0.3) is 0 Å². The molecule has 0 bridgehead atoms. The Hall–Kier alpha value is -2.60. The zero-order chi connectivity index (χ0) is 19.9. The van der Waals surface area contributed by atoms with Crippen molar-refractivity contribution in [2.24, 2.45) is 0 Å². The maximum absolute atomic E-state index is 12.2. The molecule has 6 nitrogen and oxygen atoms in total. The molecule has 1 N–H and O–H groups in total. The normalized spacial score (nSPS) is 18.6. The average molecular weight is 381 g/mol. The van der Waals surface area contributed by atoms with Crippen LogP contribution in [0.15, 0.2) is 36.4 Å². The number of nitrogens with zero attached hydrogens (tertiary/aromatic N) is 3. The summed E-state index contributed by atoms with van der Waals surface area (Å²) >= 11 is 0. The van der Waals surface area contributed by atoms with Gasteiger partial charge in [0.05, 0.1) is 0 Å². The molecule has 0 radical (unpaired) electrons. The summed E-state index contributed by atoms with van der Waals surface area (Å²) in [5.41, 5.74) is 3.38. The molecule has 1 fully saturated rings. The fourth-order valence-corrected chi connectivity index (χ4v) is 4.89. The number of hydrogen-bond donors (Lipinski definition) is 1. The van der Waals surface area contributed by atoms with Gasteiger partial charge in [-0.3, -0.25) is 9.69 Å². The number of fused-ring (bicyclic) bond motifs is 1. The van der Waals surface area contributed by atoms with Crippen LogP contribution in [0.5, 0.6) is 0 Å². The fourth-order valence-electron chi connectivity index (χ4n) is 4.89. The van der Waals surface area contributed by atoms with Gasteiger partial charge in [-0.15, -0.1) is 0 Å². The van der Waals surface area contributed by atoms with Crippen molar-refractivity contribution in [1.29, 1.82) is 0 Å². The fraction of sp³-hybridized carbons (Fsp3) is 0.455. The molecule has 0 unspecified atom stereocenters. The smallest absolute Gasteiger partial charge is 0.352 e. The predicted octanol–water partition coefficient (Wildman–Crippen LogP) is 3.17.